The molecule has 1 aliphatic heterocycles. The van der Waals surface area contributed by atoms with E-state index in [9.17, 15) is 13.2 Å². The van der Waals surface area contributed by atoms with Gasteiger partial charge in [0, 0.05) is 36.8 Å². The Morgan fingerprint density at radius 1 is 1.15 bits per heavy atom. The number of carbonyl (C=O) groups is 1. The average Bonchev–Trinajstić information content (AvgIpc) is 3.43. The van der Waals surface area contributed by atoms with Crippen molar-refractivity contribution in [2.45, 2.75) is 31.2 Å². The molecule has 2 aromatic carbocycles. The molecule has 3 aromatic rings. The summed E-state index contributed by atoms with van der Waals surface area (Å²) >= 11 is 13.9. The van der Waals surface area contributed by atoms with E-state index < -0.39 is 15.9 Å². The first-order chi connectivity index (χ1) is 15.8. The van der Waals surface area contributed by atoms with Crippen LogP contribution < -0.4 is 4.80 Å². The van der Waals surface area contributed by atoms with Crippen LogP contribution in [0, 0.1) is 0 Å². The number of hydrogen-bond acceptors (Lipinski definition) is 5. The van der Waals surface area contributed by atoms with Gasteiger partial charge in [0.25, 0.3) is 5.91 Å². The highest BCUT2D eigenvalue weighted by atomic mass is 35.5. The van der Waals surface area contributed by atoms with E-state index in [0.717, 1.165) is 23.1 Å². The average molecular weight is 528 g/mol. The number of thiazole rings is 1. The summed E-state index contributed by atoms with van der Waals surface area (Å²) in [7, 11) is -3.54. The molecule has 33 heavy (non-hydrogen) atoms. The van der Waals surface area contributed by atoms with Crippen LogP contribution in [0.15, 0.2) is 46.3 Å². The van der Waals surface area contributed by atoms with Crippen LogP contribution in [0.1, 0.15) is 30.1 Å². The van der Waals surface area contributed by atoms with Gasteiger partial charge in [-0.2, -0.15) is 9.30 Å². The maximum absolute atomic E-state index is 12.9. The third-order valence-electron chi connectivity index (χ3n) is 5.36. The predicted octanol–water partition coefficient (Wildman–Crippen LogP) is 4.57. The summed E-state index contributed by atoms with van der Waals surface area (Å²) in [5.74, 6) is -0.473. The largest absolute Gasteiger partial charge is 0.380 e. The summed E-state index contributed by atoms with van der Waals surface area (Å²) in [6.45, 7) is 4.43. The Bertz CT molecular complexity index is 1340. The third-order valence-corrected chi connectivity index (χ3v) is 8.80. The second kappa shape index (κ2) is 10.2. The quantitative estimate of drug-likeness (QED) is 0.421. The fourth-order valence-electron chi connectivity index (χ4n) is 3.72. The Morgan fingerprint density at radius 2 is 1.85 bits per heavy atom. The molecule has 0 radical (unpaired) electrons. The van der Waals surface area contributed by atoms with E-state index in [4.69, 9.17) is 27.9 Å². The molecule has 7 nitrogen and oxygen atoms in total. The second-order valence-corrected chi connectivity index (χ2v) is 11.3. The molecule has 0 N–H and O–H groups in total. The van der Waals surface area contributed by atoms with Gasteiger partial charge in [-0.15, -0.1) is 0 Å². The molecule has 1 saturated heterocycles. The number of nitrogens with zero attached hydrogens (tertiary/aromatic N) is 3. The molecular weight excluding hydrogens is 505 g/mol. The predicted molar refractivity (Wildman–Crippen MR) is 131 cm³/mol. The van der Waals surface area contributed by atoms with Crippen LogP contribution in [-0.2, 0) is 21.3 Å². The fourth-order valence-corrected chi connectivity index (χ4v) is 7.07. The highest BCUT2D eigenvalue weighted by molar-refractivity contribution is 7.89. The molecule has 0 aliphatic carbocycles. The van der Waals surface area contributed by atoms with Crippen LogP contribution in [0.25, 0.3) is 10.2 Å². The van der Waals surface area contributed by atoms with Crippen molar-refractivity contribution in [2.75, 3.05) is 26.3 Å². The maximum Gasteiger partial charge on any atom is 0.279 e. The third kappa shape index (κ3) is 5.18. The molecule has 0 unspecified atom stereocenters. The molecule has 2 heterocycles. The number of halogens is 2. The van der Waals surface area contributed by atoms with E-state index in [1.54, 1.807) is 12.1 Å². The zero-order valence-corrected chi connectivity index (χ0v) is 21.1. The molecule has 1 aromatic heterocycles. The monoisotopic (exact) mass is 527 g/mol. The van der Waals surface area contributed by atoms with Crippen molar-refractivity contribution in [3.8, 4) is 0 Å². The molecule has 0 atom stereocenters. The number of hydrogen-bond donors (Lipinski definition) is 0. The number of carbonyl (C=O) groups excluding carboxylic acids is 1. The van der Waals surface area contributed by atoms with Crippen molar-refractivity contribution in [2.24, 2.45) is 4.99 Å². The maximum atomic E-state index is 12.9. The number of benzene rings is 2. The first kappa shape index (κ1) is 24.4. The number of amides is 1. The van der Waals surface area contributed by atoms with Gasteiger partial charge >= 0.3 is 0 Å². The van der Waals surface area contributed by atoms with Crippen molar-refractivity contribution in [3.05, 3.63) is 56.8 Å². The van der Waals surface area contributed by atoms with Crippen LogP contribution in [0.3, 0.4) is 0 Å². The van der Waals surface area contributed by atoms with E-state index in [1.165, 1.54) is 39.9 Å². The normalized spacial score (nSPS) is 15.5. The molecular formula is C22H23Cl2N3O4S2. The number of sulfonamides is 1. The van der Waals surface area contributed by atoms with Gasteiger partial charge in [0.2, 0.25) is 10.0 Å². The Kier molecular flexibility index (Phi) is 7.57. The van der Waals surface area contributed by atoms with Crippen LogP contribution in [0.5, 0.6) is 0 Å². The summed E-state index contributed by atoms with van der Waals surface area (Å²) in [6, 6.07) is 9.35. The zero-order chi connectivity index (χ0) is 23.6. The number of rotatable bonds is 7. The van der Waals surface area contributed by atoms with Crippen LogP contribution in [0.2, 0.25) is 10.0 Å². The van der Waals surface area contributed by atoms with Gasteiger partial charge in [0.15, 0.2) is 4.80 Å². The first-order valence-electron chi connectivity index (χ1n) is 10.6. The molecule has 1 aliphatic rings. The smallest absolute Gasteiger partial charge is 0.279 e. The van der Waals surface area contributed by atoms with E-state index in [-0.39, 0.29) is 4.90 Å². The van der Waals surface area contributed by atoms with Crippen LogP contribution in [-0.4, -0.2) is 49.5 Å². The van der Waals surface area contributed by atoms with Crippen molar-refractivity contribution in [1.29, 1.82) is 0 Å². The van der Waals surface area contributed by atoms with E-state index in [0.29, 0.717) is 53.3 Å². The van der Waals surface area contributed by atoms with Crippen LogP contribution >= 0.6 is 34.5 Å². The molecule has 0 spiro atoms. The zero-order valence-electron chi connectivity index (χ0n) is 18.0. The van der Waals surface area contributed by atoms with Gasteiger partial charge in [0.05, 0.1) is 26.7 Å². The van der Waals surface area contributed by atoms with Gasteiger partial charge < -0.3 is 9.30 Å². The Balaban J connectivity index is 1.68. The standard InChI is InChI=1S/C22H23Cl2N3O4S2/c1-2-31-12-11-27-20-18(24)13-16(23)14-19(20)32-22(27)25-21(28)15-5-7-17(8-6-15)33(29,30)26-9-3-4-10-26/h5-8,13-14H,2-4,9-12H2,1H3. The molecule has 1 fully saturated rings. The minimum Gasteiger partial charge on any atom is -0.380 e. The minimum atomic E-state index is -3.54. The van der Waals surface area contributed by atoms with Crippen molar-refractivity contribution in [1.82, 2.24) is 8.87 Å². The van der Waals surface area contributed by atoms with Gasteiger partial charge in [-0.3, -0.25) is 4.79 Å². The lowest BCUT2D eigenvalue weighted by Gasteiger charge is -2.15. The number of fused-ring (bicyclic) bond motifs is 1. The molecule has 11 heteroatoms. The molecule has 1 amide bonds. The number of ether oxygens (including phenoxy) is 1. The van der Waals surface area contributed by atoms with E-state index in [1.807, 2.05) is 11.5 Å². The molecule has 4 rings (SSSR count). The Morgan fingerprint density at radius 3 is 2.52 bits per heavy atom. The lowest BCUT2D eigenvalue weighted by Crippen LogP contribution is -2.27. The SMILES string of the molecule is CCOCCn1c(=NC(=O)c2ccc(S(=O)(=O)N3CCCC3)cc2)sc2cc(Cl)cc(Cl)c21. The van der Waals surface area contributed by atoms with E-state index in [2.05, 4.69) is 4.99 Å². The summed E-state index contributed by atoms with van der Waals surface area (Å²) in [5, 5.41) is 0.967. The highest BCUT2D eigenvalue weighted by Gasteiger charge is 2.27. The number of aromatic nitrogens is 1. The summed E-state index contributed by atoms with van der Waals surface area (Å²) < 4.78 is 35.0. The van der Waals surface area contributed by atoms with E-state index >= 15 is 0 Å². The summed E-state index contributed by atoms with van der Waals surface area (Å²) in [5.41, 5.74) is 1.04. The van der Waals surface area contributed by atoms with Gasteiger partial charge in [-0.1, -0.05) is 34.5 Å². The minimum absolute atomic E-state index is 0.177. The second-order valence-electron chi connectivity index (χ2n) is 7.52. The molecule has 0 bridgehead atoms. The summed E-state index contributed by atoms with van der Waals surface area (Å²) in [4.78, 5) is 17.9. The lowest BCUT2D eigenvalue weighted by molar-refractivity contribution is 0.0996. The summed E-state index contributed by atoms with van der Waals surface area (Å²) in [6.07, 6.45) is 1.73. The topological polar surface area (TPSA) is 81.0 Å². The van der Waals surface area contributed by atoms with Crippen molar-refractivity contribution < 1.29 is 17.9 Å². The van der Waals surface area contributed by atoms with Gasteiger partial charge in [-0.25, -0.2) is 8.42 Å². The fraction of sp³-hybridized carbons (Fsp3) is 0.364. The van der Waals surface area contributed by atoms with Gasteiger partial charge in [-0.05, 0) is 56.2 Å². The van der Waals surface area contributed by atoms with Crippen LogP contribution in [0.4, 0.5) is 0 Å². The van der Waals surface area contributed by atoms with Gasteiger partial charge in [0.1, 0.15) is 0 Å². The Labute approximate surface area is 206 Å². The highest BCUT2D eigenvalue weighted by Crippen LogP contribution is 2.30. The van der Waals surface area contributed by atoms with Crippen molar-refractivity contribution in [3.63, 3.8) is 0 Å². The molecule has 176 valence electrons. The first-order valence-corrected chi connectivity index (χ1v) is 13.6. The lowest BCUT2D eigenvalue weighted by atomic mass is 10.2. The Hall–Kier alpha value is -1.75. The molecule has 0 saturated carbocycles. The van der Waals surface area contributed by atoms with Crippen molar-refractivity contribution >= 4 is 60.7 Å².